The second-order valence-corrected chi connectivity index (χ2v) is 9.44. The van der Waals surface area contributed by atoms with Gasteiger partial charge in [-0.15, -0.1) is 0 Å². The Morgan fingerprint density at radius 1 is 1.03 bits per heavy atom. The van der Waals surface area contributed by atoms with Crippen molar-refractivity contribution in [2.45, 2.75) is 31.1 Å². The van der Waals surface area contributed by atoms with E-state index in [1.807, 2.05) is 30.3 Å². The van der Waals surface area contributed by atoms with Crippen molar-refractivity contribution in [2.24, 2.45) is 5.92 Å². The molecule has 5 rings (SSSR count). The average molecular weight is 409 g/mol. The maximum Gasteiger partial charge on any atom is 0.261 e. The number of fused-ring (bicyclic) bond motifs is 5. The van der Waals surface area contributed by atoms with Gasteiger partial charge in [0.25, 0.3) is 10.0 Å². The van der Waals surface area contributed by atoms with E-state index in [1.54, 1.807) is 0 Å². The summed E-state index contributed by atoms with van der Waals surface area (Å²) < 4.78 is 48.0. The summed E-state index contributed by atoms with van der Waals surface area (Å²) in [5, 5.41) is 2.61. The van der Waals surface area contributed by atoms with Gasteiger partial charge < -0.3 is 4.42 Å². The number of anilines is 1. The number of rotatable bonds is 3. The van der Waals surface area contributed by atoms with Crippen molar-refractivity contribution >= 4 is 37.5 Å². The van der Waals surface area contributed by atoms with Gasteiger partial charge in [-0.2, -0.15) is 0 Å². The molecule has 1 atom stereocenters. The van der Waals surface area contributed by atoms with E-state index < -0.39 is 15.8 Å². The van der Waals surface area contributed by atoms with Crippen molar-refractivity contribution in [3.05, 3.63) is 71.7 Å². The van der Waals surface area contributed by atoms with Gasteiger partial charge in [0, 0.05) is 28.1 Å². The van der Waals surface area contributed by atoms with Crippen molar-refractivity contribution in [2.75, 3.05) is 4.72 Å². The van der Waals surface area contributed by atoms with Gasteiger partial charge in [-0.25, -0.2) is 12.8 Å². The zero-order valence-electron chi connectivity index (χ0n) is 15.9. The second-order valence-electron chi connectivity index (χ2n) is 7.76. The van der Waals surface area contributed by atoms with E-state index in [-0.39, 0.29) is 4.90 Å². The van der Waals surface area contributed by atoms with Crippen LogP contribution in [0.25, 0.3) is 21.7 Å². The molecular weight excluding hydrogens is 389 g/mol. The van der Waals surface area contributed by atoms with Crippen molar-refractivity contribution < 1.29 is 17.2 Å². The molecule has 3 aromatic carbocycles. The third-order valence-electron chi connectivity index (χ3n) is 5.67. The third-order valence-corrected chi connectivity index (χ3v) is 7.05. The van der Waals surface area contributed by atoms with Crippen LogP contribution in [0, 0.1) is 11.7 Å². The van der Waals surface area contributed by atoms with Crippen LogP contribution < -0.4 is 4.72 Å². The molecular formula is C23H20FNO3S. The highest BCUT2D eigenvalue weighted by Crippen LogP contribution is 2.40. The minimum atomic E-state index is -3.85. The molecule has 0 aliphatic heterocycles. The molecule has 0 saturated carbocycles. The van der Waals surface area contributed by atoms with Gasteiger partial charge in [-0.05, 0) is 49.1 Å². The van der Waals surface area contributed by atoms with Crippen LogP contribution in [0.4, 0.5) is 10.1 Å². The average Bonchev–Trinajstić information content (AvgIpc) is 3.06. The largest absolute Gasteiger partial charge is 0.460 e. The quantitative estimate of drug-likeness (QED) is 0.476. The van der Waals surface area contributed by atoms with Crippen molar-refractivity contribution in [3.63, 3.8) is 0 Å². The Labute approximate surface area is 168 Å². The van der Waals surface area contributed by atoms with E-state index in [1.165, 1.54) is 17.7 Å². The summed E-state index contributed by atoms with van der Waals surface area (Å²) in [6.45, 7) is 2.22. The van der Waals surface area contributed by atoms with Crippen molar-refractivity contribution in [3.8, 4) is 0 Å². The van der Waals surface area contributed by atoms with Crippen LogP contribution in [-0.4, -0.2) is 8.42 Å². The van der Waals surface area contributed by atoms with Gasteiger partial charge in [0.2, 0.25) is 0 Å². The van der Waals surface area contributed by atoms with Crippen LogP contribution in [0.5, 0.6) is 0 Å². The molecule has 6 heteroatoms. The summed E-state index contributed by atoms with van der Waals surface area (Å²) in [7, 11) is -3.85. The van der Waals surface area contributed by atoms with Gasteiger partial charge >= 0.3 is 0 Å². The minimum Gasteiger partial charge on any atom is -0.460 e. The van der Waals surface area contributed by atoms with E-state index >= 15 is 0 Å². The molecule has 4 nitrogen and oxygen atoms in total. The Morgan fingerprint density at radius 2 is 1.76 bits per heavy atom. The Hall–Kier alpha value is -2.86. The molecule has 0 unspecified atom stereocenters. The number of sulfonamides is 1. The fourth-order valence-electron chi connectivity index (χ4n) is 4.17. The first-order chi connectivity index (χ1) is 13.9. The molecule has 1 aliphatic rings. The molecule has 0 fully saturated rings. The van der Waals surface area contributed by atoms with Crippen LogP contribution in [-0.2, 0) is 22.9 Å². The molecule has 1 aromatic heterocycles. The fraction of sp³-hybridized carbons (Fsp3) is 0.217. The van der Waals surface area contributed by atoms with Crippen LogP contribution in [0.2, 0.25) is 0 Å². The molecule has 0 saturated heterocycles. The van der Waals surface area contributed by atoms with Gasteiger partial charge in [0.05, 0.1) is 10.6 Å². The lowest BCUT2D eigenvalue weighted by Crippen LogP contribution is -2.13. The highest BCUT2D eigenvalue weighted by atomic mass is 32.2. The van der Waals surface area contributed by atoms with Crippen molar-refractivity contribution in [1.82, 2.24) is 0 Å². The van der Waals surface area contributed by atoms with Crippen molar-refractivity contribution in [1.29, 1.82) is 0 Å². The lowest BCUT2D eigenvalue weighted by Gasteiger charge is -2.16. The van der Waals surface area contributed by atoms with Crippen LogP contribution in [0.1, 0.15) is 24.7 Å². The van der Waals surface area contributed by atoms with Gasteiger partial charge in [0.1, 0.15) is 17.2 Å². The molecule has 4 aromatic rings. The third kappa shape index (κ3) is 3.08. The summed E-state index contributed by atoms with van der Waals surface area (Å²) in [6, 6.07) is 14.3. The minimum absolute atomic E-state index is 0.0196. The van der Waals surface area contributed by atoms with E-state index in [2.05, 4.69) is 11.6 Å². The summed E-state index contributed by atoms with van der Waals surface area (Å²) >= 11 is 0. The molecule has 0 spiro atoms. The molecule has 148 valence electrons. The van der Waals surface area contributed by atoms with E-state index in [4.69, 9.17) is 4.42 Å². The summed E-state index contributed by atoms with van der Waals surface area (Å²) in [5.41, 5.74) is 2.48. The first-order valence-electron chi connectivity index (χ1n) is 9.67. The highest BCUT2D eigenvalue weighted by Gasteiger charge is 2.25. The molecule has 1 heterocycles. The summed E-state index contributed by atoms with van der Waals surface area (Å²) in [5.74, 6) is 1.10. The number of hydrogen-bond donors (Lipinski definition) is 1. The Kier molecular flexibility index (Phi) is 4.13. The zero-order valence-corrected chi connectivity index (χ0v) is 16.7. The number of furan rings is 1. The Balaban J connectivity index is 1.69. The first-order valence-corrected chi connectivity index (χ1v) is 11.1. The Morgan fingerprint density at radius 3 is 2.52 bits per heavy atom. The molecule has 0 amide bonds. The molecule has 1 aliphatic carbocycles. The summed E-state index contributed by atoms with van der Waals surface area (Å²) in [6.07, 6.45) is 2.91. The SMILES string of the molecule is C[C@@H]1CCc2c(oc3c2cc(NS(=O)(=O)c2ccc(F)cc2)c2ccccc23)C1. The van der Waals surface area contributed by atoms with E-state index in [0.29, 0.717) is 11.6 Å². The number of nitrogens with one attached hydrogen (secondary N) is 1. The van der Waals surface area contributed by atoms with E-state index in [0.717, 1.165) is 58.9 Å². The zero-order chi connectivity index (χ0) is 20.2. The smallest absolute Gasteiger partial charge is 0.261 e. The first kappa shape index (κ1) is 18.2. The number of aryl methyl sites for hydroxylation is 1. The predicted molar refractivity (Wildman–Crippen MR) is 112 cm³/mol. The topological polar surface area (TPSA) is 59.3 Å². The van der Waals surface area contributed by atoms with Crippen LogP contribution in [0.3, 0.4) is 0 Å². The standard InChI is InChI=1S/C23H20FNO3S/c1-14-6-11-18-20-13-21(25-29(26,27)16-9-7-15(24)8-10-16)17-4-2-3-5-19(17)23(20)28-22(18)12-14/h2-5,7-10,13-14,25H,6,11-12H2,1H3/t14-/m1/s1. The molecule has 1 N–H and O–H groups in total. The predicted octanol–water partition coefficient (Wildman–Crippen LogP) is 5.65. The maximum atomic E-state index is 13.2. The lowest BCUT2D eigenvalue weighted by molar-refractivity contribution is 0.427. The molecule has 0 radical (unpaired) electrons. The fourth-order valence-corrected chi connectivity index (χ4v) is 5.24. The molecule has 0 bridgehead atoms. The lowest BCUT2D eigenvalue weighted by atomic mass is 9.88. The maximum absolute atomic E-state index is 13.2. The van der Waals surface area contributed by atoms with E-state index in [9.17, 15) is 12.8 Å². The second kappa shape index (κ2) is 6.59. The van der Waals surface area contributed by atoms with Crippen LogP contribution >= 0.6 is 0 Å². The molecule has 29 heavy (non-hydrogen) atoms. The van der Waals surface area contributed by atoms with Gasteiger partial charge in [-0.3, -0.25) is 4.72 Å². The normalized spacial score (nSPS) is 16.8. The monoisotopic (exact) mass is 409 g/mol. The summed E-state index contributed by atoms with van der Waals surface area (Å²) in [4.78, 5) is 0.0196. The number of benzene rings is 3. The number of hydrogen-bond acceptors (Lipinski definition) is 3. The Bertz CT molecular complexity index is 1340. The van der Waals surface area contributed by atoms with Gasteiger partial charge in [0.15, 0.2) is 0 Å². The van der Waals surface area contributed by atoms with Crippen LogP contribution in [0.15, 0.2) is 63.9 Å². The highest BCUT2D eigenvalue weighted by molar-refractivity contribution is 7.92. The van der Waals surface area contributed by atoms with Gasteiger partial charge in [-0.1, -0.05) is 31.2 Å². The number of halogens is 1.